The van der Waals surface area contributed by atoms with E-state index < -0.39 is 0 Å². The molecule has 1 N–H and O–H groups in total. The van der Waals surface area contributed by atoms with Crippen molar-refractivity contribution in [2.45, 2.75) is 17.9 Å². The number of nitrogens with zero attached hydrogens (tertiary/aromatic N) is 1. The molecule has 0 saturated carbocycles. The van der Waals surface area contributed by atoms with Gasteiger partial charge in [-0.1, -0.05) is 18.2 Å². The van der Waals surface area contributed by atoms with Crippen molar-refractivity contribution in [2.24, 2.45) is 0 Å². The van der Waals surface area contributed by atoms with E-state index in [1.807, 2.05) is 24.8 Å². The van der Waals surface area contributed by atoms with E-state index in [-0.39, 0.29) is 0 Å². The van der Waals surface area contributed by atoms with Crippen molar-refractivity contribution in [3.05, 3.63) is 52.3 Å². The number of halogens is 1. The number of fused-ring (bicyclic) bond motifs is 1. The van der Waals surface area contributed by atoms with Crippen molar-refractivity contribution >= 4 is 33.4 Å². The topological polar surface area (TPSA) is 24.9 Å². The zero-order chi connectivity index (χ0) is 12.5. The average Bonchev–Trinajstić information content (AvgIpc) is 2.76. The van der Waals surface area contributed by atoms with Gasteiger partial charge in [-0.25, -0.2) is 4.98 Å². The van der Waals surface area contributed by atoms with Crippen LogP contribution in [0.3, 0.4) is 0 Å². The first-order chi connectivity index (χ1) is 8.74. The Bertz CT molecular complexity index is 586. The second-order valence-electron chi connectivity index (χ2n) is 4.31. The van der Waals surface area contributed by atoms with Crippen LogP contribution >= 0.6 is 27.7 Å². The summed E-state index contributed by atoms with van der Waals surface area (Å²) in [4.78, 5) is 5.81. The Morgan fingerprint density at radius 2 is 2.11 bits per heavy atom. The van der Waals surface area contributed by atoms with Gasteiger partial charge in [0, 0.05) is 10.6 Å². The van der Waals surface area contributed by atoms with Gasteiger partial charge in [0.1, 0.15) is 4.60 Å². The van der Waals surface area contributed by atoms with Gasteiger partial charge in [-0.2, -0.15) is 0 Å². The lowest BCUT2D eigenvalue weighted by molar-refractivity contribution is 0.893. The Kier molecular flexibility index (Phi) is 3.31. The summed E-state index contributed by atoms with van der Waals surface area (Å²) in [6.07, 6.45) is 0. The van der Waals surface area contributed by atoms with E-state index in [1.54, 1.807) is 0 Å². The van der Waals surface area contributed by atoms with Crippen molar-refractivity contribution in [3.63, 3.8) is 0 Å². The molecule has 0 saturated heterocycles. The lowest BCUT2D eigenvalue weighted by atomic mass is 10.1. The van der Waals surface area contributed by atoms with Crippen LogP contribution in [0.4, 0.5) is 5.69 Å². The van der Waals surface area contributed by atoms with E-state index in [1.165, 1.54) is 10.5 Å². The van der Waals surface area contributed by atoms with Crippen LogP contribution in [0.25, 0.3) is 0 Å². The van der Waals surface area contributed by atoms with E-state index in [9.17, 15) is 0 Å². The minimum Gasteiger partial charge on any atom is -0.376 e. The number of hydrogen-bond donors (Lipinski definition) is 1. The number of aromatic nitrogens is 1. The van der Waals surface area contributed by atoms with Gasteiger partial charge in [0.2, 0.25) is 0 Å². The minimum atomic E-state index is 0.382. The third-order valence-electron chi connectivity index (χ3n) is 3.08. The fraction of sp³-hybridized carbons (Fsp3) is 0.214. The Labute approximate surface area is 119 Å². The van der Waals surface area contributed by atoms with E-state index in [0.29, 0.717) is 6.04 Å². The molecule has 1 aromatic heterocycles. The van der Waals surface area contributed by atoms with E-state index in [4.69, 9.17) is 0 Å². The molecule has 18 heavy (non-hydrogen) atoms. The Balaban J connectivity index is 1.86. The number of hydrogen-bond acceptors (Lipinski definition) is 3. The normalized spacial score (nSPS) is 17.6. The van der Waals surface area contributed by atoms with E-state index in [0.717, 1.165) is 21.7 Å². The number of thioether (sulfide) groups is 1. The number of pyridine rings is 1. The molecule has 0 radical (unpaired) electrons. The maximum atomic E-state index is 4.42. The van der Waals surface area contributed by atoms with Crippen LogP contribution in [0.2, 0.25) is 0 Å². The summed E-state index contributed by atoms with van der Waals surface area (Å²) in [5.74, 6) is 1.08. The Morgan fingerprint density at radius 3 is 2.94 bits per heavy atom. The summed E-state index contributed by atoms with van der Waals surface area (Å²) in [5.41, 5.74) is 3.53. The zero-order valence-corrected chi connectivity index (χ0v) is 12.4. The van der Waals surface area contributed by atoms with Crippen molar-refractivity contribution in [2.75, 3.05) is 11.1 Å². The highest BCUT2D eigenvalue weighted by Gasteiger charge is 2.22. The second-order valence-corrected chi connectivity index (χ2v) is 6.19. The number of benzene rings is 1. The summed E-state index contributed by atoms with van der Waals surface area (Å²) in [6, 6.07) is 13.0. The van der Waals surface area contributed by atoms with E-state index in [2.05, 4.69) is 56.6 Å². The third-order valence-corrected chi connectivity index (χ3v) is 4.71. The molecule has 0 amide bonds. The maximum Gasteiger partial charge on any atom is 0.106 e. The van der Waals surface area contributed by atoms with Gasteiger partial charge in [0.15, 0.2) is 0 Å². The molecule has 0 aliphatic carbocycles. The third kappa shape index (κ3) is 2.27. The highest BCUT2D eigenvalue weighted by molar-refractivity contribution is 9.10. The predicted molar refractivity (Wildman–Crippen MR) is 80.2 cm³/mol. The van der Waals surface area contributed by atoms with Crippen LogP contribution in [0.1, 0.15) is 17.3 Å². The SMILES string of the molecule is Cc1nc(Br)ccc1NC1CSc2ccccc21. The predicted octanol–water partition coefficient (Wildman–Crippen LogP) is 4.41. The summed E-state index contributed by atoms with van der Waals surface area (Å²) in [5, 5.41) is 3.59. The molecule has 3 rings (SSSR count). The fourth-order valence-corrected chi connectivity index (χ4v) is 3.71. The number of aryl methyl sites for hydroxylation is 1. The Morgan fingerprint density at radius 1 is 1.28 bits per heavy atom. The van der Waals surface area contributed by atoms with Gasteiger partial charge < -0.3 is 5.32 Å². The molecule has 2 heterocycles. The molecule has 0 bridgehead atoms. The highest BCUT2D eigenvalue weighted by Crippen LogP contribution is 2.39. The first kappa shape index (κ1) is 12.1. The molecule has 2 nitrogen and oxygen atoms in total. The molecule has 1 atom stereocenters. The lowest BCUT2D eigenvalue weighted by Crippen LogP contribution is -2.11. The van der Waals surface area contributed by atoms with Gasteiger partial charge >= 0.3 is 0 Å². The minimum absolute atomic E-state index is 0.382. The van der Waals surface area contributed by atoms with Gasteiger partial charge in [0.05, 0.1) is 17.4 Å². The molecule has 1 aliphatic rings. The van der Waals surface area contributed by atoms with Crippen LogP contribution < -0.4 is 5.32 Å². The molecule has 0 spiro atoms. The van der Waals surface area contributed by atoms with Gasteiger partial charge in [-0.15, -0.1) is 11.8 Å². The van der Waals surface area contributed by atoms with E-state index >= 15 is 0 Å². The number of nitrogens with one attached hydrogen (secondary N) is 1. The first-order valence-corrected chi connectivity index (χ1v) is 7.63. The molecule has 2 aromatic rings. The van der Waals surface area contributed by atoms with Crippen molar-refractivity contribution in [3.8, 4) is 0 Å². The van der Waals surface area contributed by atoms with Crippen LogP contribution in [0.15, 0.2) is 45.9 Å². The number of rotatable bonds is 2. The van der Waals surface area contributed by atoms with Gasteiger partial charge in [0.25, 0.3) is 0 Å². The quantitative estimate of drug-likeness (QED) is 0.829. The van der Waals surface area contributed by atoms with Gasteiger partial charge in [-0.05, 0) is 46.6 Å². The van der Waals surface area contributed by atoms with Crippen molar-refractivity contribution in [1.82, 2.24) is 4.98 Å². The van der Waals surface area contributed by atoms with Crippen molar-refractivity contribution < 1.29 is 0 Å². The molecule has 1 unspecified atom stereocenters. The van der Waals surface area contributed by atoms with Crippen molar-refractivity contribution in [1.29, 1.82) is 0 Å². The highest BCUT2D eigenvalue weighted by atomic mass is 79.9. The fourth-order valence-electron chi connectivity index (χ4n) is 2.15. The average molecular weight is 321 g/mol. The van der Waals surface area contributed by atoms with Gasteiger partial charge in [-0.3, -0.25) is 0 Å². The maximum absolute atomic E-state index is 4.42. The lowest BCUT2D eigenvalue weighted by Gasteiger charge is -2.16. The molecule has 1 aliphatic heterocycles. The monoisotopic (exact) mass is 320 g/mol. The molecule has 0 fully saturated rings. The summed E-state index contributed by atoms with van der Waals surface area (Å²) >= 11 is 5.30. The summed E-state index contributed by atoms with van der Waals surface area (Å²) in [6.45, 7) is 2.03. The summed E-state index contributed by atoms with van der Waals surface area (Å²) in [7, 11) is 0. The molecule has 1 aromatic carbocycles. The largest absolute Gasteiger partial charge is 0.376 e. The molecule has 4 heteroatoms. The van der Waals surface area contributed by atoms with Crippen LogP contribution in [-0.2, 0) is 0 Å². The van der Waals surface area contributed by atoms with Crippen LogP contribution in [0, 0.1) is 6.92 Å². The first-order valence-electron chi connectivity index (χ1n) is 5.85. The molecular weight excluding hydrogens is 308 g/mol. The molecular formula is C14H13BrN2S. The number of anilines is 1. The Hall–Kier alpha value is -1.00. The smallest absolute Gasteiger partial charge is 0.106 e. The molecule has 92 valence electrons. The van der Waals surface area contributed by atoms with Crippen LogP contribution in [0.5, 0.6) is 0 Å². The zero-order valence-electron chi connectivity index (χ0n) is 9.98. The second kappa shape index (κ2) is 4.94. The standard InChI is InChI=1S/C14H13BrN2S/c1-9-11(6-7-14(15)16-9)17-12-8-18-13-5-3-2-4-10(12)13/h2-7,12,17H,8H2,1H3. The van der Waals surface area contributed by atoms with Crippen LogP contribution in [-0.4, -0.2) is 10.7 Å². The summed E-state index contributed by atoms with van der Waals surface area (Å²) < 4.78 is 0.881.